The first kappa shape index (κ1) is 20.0. The van der Waals surface area contributed by atoms with Crippen LogP contribution in [-0.2, 0) is 6.54 Å². The van der Waals surface area contributed by atoms with Gasteiger partial charge in [-0.1, -0.05) is 42.5 Å². The van der Waals surface area contributed by atoms with Gasteiger partial charge in [0.25, 0.3) is 0 Å². The monoisotopic (exact) mass is 428 g/mol. The van der Waals surface area contributed by atoms with Crippen LogP contribution in [0, 0.1) is 5.21 Å². The van der Waals surface area contributed by atoms with Crippen LogP contribution in [0.1, 0.15) is 5.56 Å². The van der Waals surface area contributed by atoms with Crippen LogP contribution in [0.15, 0.2) is 88.5 Å². The van der Waals surface area contributed by atoms with E-state index in [4.69, 9.17) is 4.99 Å². The average molecular weight is 428 g/mol. The van der Waals surface area contributed by atoms with Crippen molar-refractivity contribution in [1.82, 2.24) is 15.0 Å². The van der Waals surface area contributed by atoms with Crippen LogP contribution in [0.4, 0.5) is 11.4 Å². The Labute approximate surface area is 185 Å². The van der Waals surface area contributed by atoms with Crippen molar-refractivity contribution in [3.05, 3.63) is 89.6 Å². The zero-order valence-corrected chi connectivity index (χ0v) is 17.6. The van der Waals surface area contributed by atoms with E-state index in [2.05, 4.69) is 24.9 Å². The molecule has 0 spiro atoms. The maximum atomic E-state index is 11.7. The van der Waals surface area contributed by atoms with Gasteiger partial charge in [-0.15, -0.1) is 0 Å². The summed E-state index contributed by atoms with van der Waals surface area (Å²) in [5, 5.41) is 18.9. The lowest BCUT2D eigenvalue weighted by molar-refractivity contribution is -0.782. The van der Waals surface area contributed by atoms with E-state index in [0.717, 1.165) is 55.6 Å². The fourth-order valence-electron chi connectivity index (χ4n) is 3.84. The highest BCUT2D eigenvalue weighted by Gasteiger charge is 2.21. The molecular weight excluding hydrogens is 404 g/mol. The van der Waals surface area contributed by atoms with Gasteiger partial charge in [0.1, 0.15) is 0 Å². The Bertz CT molecular complexity index is 1200. The largest absolute Gasteiger partial charge is 0.359 e. The van der Waals surface area contributed by atoms with Gasteiger partial charge in [-0.25, -0.2) is 4.99 Å². The first-order valence-corrected chi connectivity index (χ1v) is 10.7. The van der Waals surface area contributed by atoms with Gasteiger partial charge in [-0.3, -0.25) is 9.53 Å². The molecule has 0 amide bonds. The molecule has 8 nitrogen and oxygen atoms in total. The van der Waals surface area contributed by atoms with Crippen LogP contribution < -0.4 is 10.2 Å². The SMILES string of the molecule is [O-][n+]1onc2ccc(CN3CCN(C(=Nc4ccccc4)Nc4ccccc4)CC3)cc21. The number of para-hydroxylation sites is 2. The van der Waals surface area contributed by atoms with Crippen LogP contribution in [-0.4, -0.2) is 47.1 Å². The molecule has 1 aliphatic heterocycles. The van der Waals surface area contributed by atoms with Crippen LogP contribution in [0.25, 0.3) is 11.0 Å². The number of rotatable bonds is 4. The van der Waals surface area contributed by atoms with Gasteiger partial charge in [0.15, 0.2) is 0 Å². The molecule has 1 N–H and O–H groups in total. The maximum Gasteiger partial charge on any atom is 0.248 e. The number of nitrogens with zero attached hydrogens (tertiary/aromatic N) is 5. The Kier molecular flexibility index (Phi) is 5.67. The molecule has 5 rings (SSSR count). The summed E-state index contributed by atoms with van der Waals surface area (Å²) in [6, 6.07) is 25.8. The highest BCUT2D eigenvalue weighted by molar-refractivity contribution is 5.95. The van der Waals surface area contributed by atoms with Gasteiger partial charge in [-0.2, -0.15) is 0 Å². The molecule has 0 saturated carbocycles. The Morgan fingerprint density at radius 3 is 2.44 bits per heavy atom. The van der Waals surface area contributed by atoms with Crippen molar-refractivity contribution in [1.29, 1.82) is 0 Å². The number of hydrogen-bond acceptors (Lipinski definition) is 5. The summed E-state index contributed by atoms with van der Waals surface area (Å²) in [5.41, 5.74) is 4.03. The summed E-state index contributed by atoms with van der Waals surface area (Å²) in [6.45, 7) is 4.25. The number of hydrogen-bond donors (Lipinski definition) is 1. The summed E-state index contributed by atoms with van der Waals surface area (Å²) >= 11 is 0. The fraction of sp³-hybridized carbons (Fsp3) is 0.208. The number of piperazine rings is 1. The number of guanidine groups is 1. The Hall–Kier alpha value is -3.91. The van der Waals surface area contributed by atoms with E-state index in [1.807, 2.05) is 78.9 Å². The number of fused-ring (bicyclic) bond motifs is 1. The lowest BCUT2D eigenvalue weighted by Gasteiger charge is -2.36. The average Bonchev–Trinajstić information content (AvgIpc) is 3.21. The summed E-state index contributed by atoms with van der Waals surface area (Å²) in [7, 11) is 0. The molecule has 8 heteroatoms. The lowest BCUT2D eigenvalue weighted by Crippen LogP contribution is -2.50. The molecule has 2 heterocycles. The van der Waals surface area contributed by atoms with Gasteiger partial charge < -0.3 is 15.4 Å². The third-order valence-electron chi connectivity index (χ3n) is 5.55. The van der Waals surface area contributed by atoms with E-state index < -0.39 is 0 Å². The lowest BCUT2D eigenvalue weighted by atomic mass is 10.1. The maximum absolute atomic E-state index is 11.7. The van der Waals surface area contributed by atoms with E-state index >= 15 is 0 Å². The van der Waals surface area contributed by atoms with Crippen molar-refractivity contribution in [2.24, 2.45) is 4.99 Å². The van der Waals surface area contributed by atoms with E-state index in [9.17, 15) is 5.21 Å². The number of benzene rings is 3. The molecule has 1 aliphatic rings. The van der Waals surface area contributed by atoms with E-state index in [0.29, 0.717) is 15.9 Å². The quantitative estimate of drug-likeness (QED) is 0.305. The molecule has 0 aliphatic carbocycles. The molecule has 4 aromatic rings. The summed E-state index contributed by atoms with van der Waals surface area (Å²) < 4.78 is 4.67. The van der Waals surface area contributed by atoms with Crippen LogP contribution in [0.3, 0.4) is 0 Å². The topological polar surface area (TPSA) is 83.8 Å². The second kappa shape index (κ2) is 9.07. The van der Waals surface area contributed by atoms with Crippen molar-refractivity contribution >= 4 is 28.4 Å². The Morgan fingerprint density at radius 1 is 0.969 bits per heavy atom. The molecule has 32 heavy (non-hydrogen) atoms. The smallest absolute Gasteiger partial charge is 0.248 e. The van der Waals surface area contributed by atoms with Crippen LogP contribution in [0.2, 0.25) is 0 Å². The van der Waals surface area contributed by atoms with Crippen LogP contribution in [0.5, 0.6) is 0 Å². The third-order valence-corrected chi connectivity index (χ3v) is 5.55. The Morgan fingerprint density at radius 2 is 1.69 bits per heavy atom. The van der Waals surface area contributed by atoms with E-state index in [1.54, 1.807) is 0 Å². The van der Waals surface area contributed by atoms with Gasteiger partial charge in [0, 0.05) is 43.6 Å². The van der Waals surface area contributed by atoms with Gasteiger partial charge in [-0.05, 0) is 46.9 Å². The second-order valence-electron chi connectivity index (χ2n) is 7.78. The van der Waals surface area contributed by atoms with E-state index in [1.165, 1.54) is 0 Å². The number of aromatic nitrogens is 2. The number of anilines is 1. The molecule has 1 saturated heterocycles. The second-order valence-corrected chi connectivity index (χ2v) is 7.78. The van der Waals surface area contributed by atoms with Crippen molar-refractivity contribution in [2.45, 2.75) is 6.54 Å². The Balaban J connectivity index is 1.28. The van der Waals surface area contributed by atoms with Crippen LogP contribution >= 0.6 is 0 Å². The minimum atomic E-state index is 0.457. The number of aliphatic imine (C=N–C) groups is 1. The molecule has 1 aromatic heterocycles. The molecular formula is C24H24N6O2. The minimum Gasteiger partial charge on any atom is -0.359 e. The zero-order valence-electron chi connectivity index (χ0n) is 17.6. The summed E-state index contributed by atoms with van der Waals surface area (Å²) in [5.74, 6) is 0.848. The first-order chi connectivity index (χ1) is 15.7. The predicted octanol–water partition coefficient (Wildman–Crippen LogP) is 3.38. The van der Waals surface area contributed by atoms with Crippen molar-refractivity contribution in [3.63, 3.8) is 0 Å². The number of nitrogens with one attached hydrogen (secondary N) is 1. The molecule has 0 unspecified atom stereocenters. The summed E-state index contributed by atoms with van der Waals surface area (Å²) in [4.78, 5) is 10.0. The molecule has 162 valence electrons. The van der Waals surface area contributed by atoms with Crippen molar-refractivity contribution < 1.29 is 9.53 Å². The normalized spacial score (nSPS) is 15.2. The highest BCUT2D eigenvalue weighted by Crippen LogP contribution is 2.17. The fourth-order valence-corrected chi connectivity index (χ4v) is 3.84. The molecule has 3 aromatic carbocycles. The molecule has 0 bridgehead atoms. The highest BCUT2D eigenvalue weighted by atomic mass is 16.8. The first-order valence-electron chi connectivity index (χ1n) is 10.7. The minimum absolute atomic E-state index is 0.457. The van der Waals surface area contributed by atoms with E-state index in [-0.39, 0.29) is 0 Å². The predicted molar refractivity (Wildman–Crippen MR) is 123 cm³/mol. The molecule has 0 atom stereocenters. The van der Waals surface area contributed by atoms with Gasteiger partial charge >= 0.3 is 0 Å². The molecule has 0 radical (unpaired) electrons. The zero-order chi connectivity index (χ0) is 21.8. The van der Waals surface area contributed by atoms with Crippen molar-refractivity contribution in [3.8, 4) is 0 Å². The van der Waals surface area contributed by atoms with Crippen molar-refractivity contribution in [2.75, 3.05) is 31.5 Å². The summed E-state index contributed by atoms with van der Waals surface area (Å²) in [6.07, 6.45) is 0. The van der Waals surface area contributed by atoms with Gasteiger partial charge in [0.2, 0.25) is 17.0 Å². The third kappa shape index (κ3) is 4.55. The standard InChI is InChI=1S/C24H24N6O2/c31-30-23-17-19(11-12-22(23)27-32-30)18-28-13-15-29(16-14-28)24(25-20-7-3-1-4-8-20)26-21-9-5-2-6-10-21/h1-12,17H,13-16,18H2,(H,25,26). The van der Waals surface area contributed by atoms with Gasteiger partial charge in [0.05, 0.1) is 5.69 Å². The molecule has 1 fully saturated rings.